The Labute approximate surface area is 182 Å². The van der Waals surface area contributed by atoms with E-state index in [-0.39, 0.29) is 17.3 Å². The number of hydrogen-bond acceptors (Lipinski definition) is 6. The van der Waals surface area contributed by atoms with Crippen LogP contribution in [0.15, 0.2) is 47.4 Å². The quantitative estimate of drug-likeness (QED) is 0.671. The van der Waals surface area contributed by atoms with Crippen LogP contribution >= 0.6 is 0 Å². The first-order chi connectivity index (χ1) is 14.9. The van der Waals surface area contributed by atoms with E-state index in [9.17, 15) is 13.2 Å². The molecule has 1 amide bonds. The number of sulfonamides is 1. The van der Waals surface area contributed by atoms with Gasteiger partial charge in [0.15, 0.2) is 6.61 Å². The van der Waals surface area contributed by atoms with Crippen LogP contribution in [-0.4, -0.2) is 44.9 Å². The molecule has 1 N–H and O–H groups in total. The lowest BCUT2D eigenvalue weighted by Crippen LogP contribution is -2.35. The third-order valence-corrected chi connectivity index (χ3v) is 6.73. The average molecular weight is 444 g/mol. The molecule has 1 aliphatic heterocycles. The number of benzene rings is 2. The lowest BCUT2D eigenvalue weighted by molar-refractivity contribution is -0.118. The smallest absolute Gasteiger partial charge is 0.262 e. The van der Waals surface area contributed by atoms with E-state index in [1.807, 2.05) is 6.07 Å². The van der Waals surface area contributed by atoms with Crippen LogP contribution in [0.25, 0.3) is 0 Å². The minimum Gasteiger partial charge on any atom is -0.492 e. The molecule has 2 aromatic carbocycles. The van der Waals surface area contributed by atoms with E-state index in [4.69, 9.17) is 14.7 Å². The Morgan fingerprint density at radius 3 is 2.45 bits per heavy atom. The Hall–Kier alpha value is -3.09. The van der Waals surface area contributed by atoms with Crippen molar-refractivity contribution in [2.45, 2.75) is 31.1 Å². The SMILES string of the molecule is CCOc1ccc(NC(=O)COc2ccc(C#N)cc2)cc1S(=O)(=O)N1CCCCC1. The molecular formula is C22H25N3O5S. The number of ether oxygens (including phenoxy) is 2. The Morgan fingerprint density at radius 1 is 1.10 bits per heavy atom. The van der Waals surface area contributed by atoms with Gasteiger partial charge in [0.2, 0.25) is 10.0 Å². The van der Waals surface area contributed by atoms with Gasteiger partial charge in [-0.1, -0.05) is 6.42 Å². The van der Waals surface area contributed by atoms with Crippen LogP contribution in [0, 0.1) is 11.3 Å². The molecule has 31 heavy (non-hydrogen) atoms. The highest BCUT2D eigenvalue weighted by molar-refractivity contribution is 7.89. The molecule has 164 valence electrons. The molecule has 9 heteroatoms. The van der Waals surface area contributed by atoms with Crippen molar-refractivity contribution in [1.29, 1.82) is 5.26 Å². The monoisotopic (exact) mass is 443 g/mol. The Kier molecular flexibility index (Phi) is 7.50. The molecule has 0 unspecified atom stereocenters. The maximum absolute atomic E-state index is 13.2. The van der Waals surface area contributed by atoms with Gasteiger partial charge in [-0.3, -0.25) is 4.79 Å². The molecule has 1 aliphatic rings. The van der Waals surface area contributed by atoms with Crippen LogP contribution in [0.1, 0.15) is 31.7 Å². The summed E-state index contributed by atoms with van der Waals surface area (Å²) in [4.78, 5) is 12.3. The number of carbonyl (C=O) groups is 1. The fourth-order valence-corrected chi connectivity index (χ4v) is 4.95. The third kappa shape index (κ3) is 5.75. The number of nitriles is 1. The molecule has 0 radical (unpaired) electrons. The van der Waals surface area contributed by atoms with Crippen LogP contribution in [-0.2, 0) is 14.8 Å². The largest absolute Gasteiger partial charge is 0.492 e. The van der Waals surface area contributed by atoms with Gasteiger partial charge in [0.05, 0.1) is 18.2 Å². The van der Waals surface area contributed by atoms with Crippen LogP contribution in [0.3, 0.4) is 0 Å². The van der Waals surface area contributed by atoms with E-state index >= 15 is 0 Å². The minimum absolute atomic E-state index is 0.0436. The molecular weight excluding hydrogens is 418 g/mol. The van der Waals surface area contributed by atoms with Crippen LogP contribution in [0.5, 0.6) is 11.5 Å². The molecule has 0 atom stereocenters. The number of hydrogen-bond donors (Lipinski definition) is 1. The van der Waals surface area contributed by atoms with Crippen molar-refractivity contribution in [3.05, 3.63) is 48.0 Å². The fourth-order valence-electron chi connectivity index (χ4n) is 3.28. The van der Waals surface area contributed by atoms with Gasteiger partial charge in [-0.25, -0.2) is 8.42 Å². The van der Waals surface area contributed by atoms with Gasteiger partial charge in [-0.2, -0.15) is 9.57 Å². The minimum atomic E-state index is -3.74. The summed E-state index contributed by atoms with van der Waals surface area (Å²) in [6.07, 6.45) is 2.66. The summed E-state index contributed by atoms with van der Waals surface area (Å²) in [5.41, 5.74) is 0.834. The standard InChI is InChI=1S/C22H25N3O5S/c1-2-29-20-11-8-18(14-21(20)31(27,28)25-12-4-3-5-13-25)24-22(26)16-30-19-9-6-17(15-23)7-10-19/h6-11,14H,2-5,12-13,16H2,1H3,(H,24,26). The lowest BCUT2D eigenvalue weighted by Gasteiger charge is -2.27. The number of anilines is 1. The van der Waals surface area contributed by atoms with Crippen LogP contribution in [0.2, 0.25) is 0 Å². The summed E-state index contributed by atoms with van der Waals surface area (Å²) in [6.45, 7) is 2.80. The van der Waals surface area contributed by atoms with Crippen LogP contribution < -0.4 is 14.8 Å². The summed E-state index contributed by atoms with van der Waals surface area (Å²) in [5.74, 6) is 0.281. The van der Waals surface area contributed by atoms with Crippen LogP contribution in [0.4, 0.5) is 5.69 Å². The first kappa shape index (κ1) is 22.6. The van der Waals surface area contributed by atoms with E-state index in [0.29, 0.717) is 36.7 Å². The maximum atomic E-state index is 13.2. The highest BCUT2D eigenvalue weighted by atomic mass is 32.2. The summed E-state index contributed by atoms with van der Waals surface area (Å²) < 4.78 is 38.8. The Balaban J connectivity index is 1.73. The van der Waals surface area contributed by atoms with Gasteiger partial charge < -0.3 is 14.8 Å². The van der Waals surface area contributed by atoms with Crippen molar-refractivity contribution < 1.29 is 22.7 Å². The number of rotatable bonds is 8. The third-order valence-electron chi connectivity index (χ3n) is 4.81. The Morgan fingerprint density at radius 2 is 1.81 bits per heavy atom. The van der Waals surface area contributed by atoms with Gasteiger partial charge in [0, 0.05) is 18.8 Å². The van der Waals surface area contributed by atoms with Crippen molar-refractivity contribution in [3.63, 3.8) is 0 Å². The van der Waals surface area contributed by atoms with Gasteiger partial charge in [-0.05, 0) is 62.2 Å². The van der Waals surface area contributed by atoms with E-state index < -0.39 is 15.9 Å². The van der Waals surface area contributed by atoms with E-state index in [2.05, 4.69) is 5.32 Å². The summed E-state index contributed by atoms with van der Waals surface area (Å²) in [7, 11) is -3.74. The van der Waals surface area contributed by atoms with Gasteiger partial charge >= 0.3 is 0 Å². The lowest BCUT2D eigenvalue weighted by atomic mass is 10.2. The highest BCUT2D eigenvalue weighted by Gasteiger charge is 2.29. The van der Waals surface area contributed by atoms with Crippen molar-refractivity contribution in [2.75, 3.05) is 31.6 Å². The number of nitrogens with one attached hydrogen (secondary N) is 1. The molecule has 2 aromatic rings. The second-order valence-corrected chi connectivity index (χ2v) is 8.94. The predicted molar refractivity (Wildman–Crippen MR) is 116 cm³/mol. The number of nitrogens with zero attached hydrogens (tertiary/aromatic N) is 2. The summed E-state index contributed by atoms with van der Waals surface area (Å²) >= 11 is 0. The zero-order chi connectivity index (χ0) is 22.3. The van der Waals surface area contributed by atoms with Gasteiger partial charge in [0.1, 0.15) is 16.4 Å². The van der Waals surface area contributed by atoms with Crippen molar-refractivity contribution in [1.82, 2.24) is 4.31 Å². The van der Waals surface area contributed by atoms with Crippen molar-refractivity contribution in [3.8, 4) is 17.6 Å². The first-order valence-electron chi connectivity index (χ1n) is 10.1. The number of amides is 1. The maximum Gasteiger partial charge on any atom is 0.262 e. The first-order valence-corrected chi connectivity index (χ1v) is 11.6. The number of piperidine rings is 1. The second kappa shape index (κ2) is 10.3. The molecule has 1 fully saturated rings. The zero-order valence-corrected chi connectivity index (χ0v) is 18.2. The van der Waals surface area contributed by atoms with E-state index in [0.717, 1.165) is 19.3 Å². The molecule has 0 aliphatic carbocycles. The molecule has 0 aromatic heterocycles. The topological polar surface area (TPSA) is 109 Å². The highest BCUT2D eigenvalue weighted by Crippen LogP contribution is 2.31. The van der Waals surface area contributed by atoms with Crippen molar-refractivity contribution >= 4 is 21.6 Å². The average Bonchev–Trinajstić information content (AvgIpc) is 2.79. The predicted octanol–water partition coefficient (Wildman–Crippen LogP) is 3.15. The van der Waals surface area contributed by atoms with Crippen molar-refractivity contribution in [2.24, 2.45) is 0 Å². The van der Waals surface area contributed by atoms with E-state index in [1.165, 1.54) is 10.4 Å². The molecule has 3 rings (SSSR count). The zero-order valence-electron chi connectivity index (χ0n) is 17.3. The molecule has 1 heterocycles. The molecule has 0 spiro atoms. The Bertz CT molecular complexity index is 1060. The normalized spacial score (nSPS) is 14.5. The fraction of sp³-hybridized carbons (Fsp3) is 0.364. The summed E-state index contributed by atoms with van der Waals surface area (Å²) in [5, 5.41) is 11.5. The number of carbonyl (C=O) groups excluding carboxylic acids is 1. The molecule has 8 nitrogen and oxygen atoms in total. The molecule has 0 saturated carbocycles. The second-order valence-electron chi connectivity index (χ2n) is 7.03. The van der Waals surface area contributed by atoms with E-state index in [1.54, 1.807) is 43.3 Å². The molecule has 0 bridgehead atoms. The summed E-state index contributed by atoms with van der Waals surface area (Å²) in [6, 6.07) is 13.0. The molecule has 1 saturated heterocycles. The van der Waals surface area contributed by atoms with Gasteiger partial charge in [0.25, 0.3) is 5.91 Å². The van der Waals surface area contributed by atoms with Gasteiger partial charge in [-0.15, -0.1) is 0 Å².